The minimum Gasteiger partial charge on any atom is -0.477 e. The number of nitrogens with one attached hydrogen (secondary N) is 1. The average Bonchev–Trinajstić information content (AvgIpc) is 2.33. The summed E-state index contributed by atoms with van der Waals surface area (Å²) < 4.78 is 5.49. The standard InChI is InChI=1S/C11H16ClN3O/c12-10-4-5-11(15-14-10)16-8-6-9-3-1-2-7-13-9/h4-5,9,13H,1-3,6-8H2/t9-/m0/s1. The quantitative estimate of drug-likeness (QED) is 0.877. The van der Waals surface area contributed by atoms with Crippen molar-refractivity contribution in [2.45, 2.75) is 31.7 Å². The maximum absolute atomic E-state index is 5.63. The van der Waals surface area contributed by atoms with E-state index in [9.17, 15) is 0 Å². The molecule has 2 rings (SSSR count). The summed E-state index contributed by atoms with van der Waals surface area (Å²) >= 11 is 5.63. The van der Waals surface area contributed by atoms with Gasteiger partial charge in [-0.3, -0.25) is 0 Å². The molecule has 0 amide bonds. The number of aromatic nitrogens is 2. The maximum atomic E-state index is 5.63. The topological polar surface area (TPSA) is 47.0 Å². The van der Waals surface area contributed by atoms with E-state index in [1.54, 1.807) is 12.1 Å². The molecule has 1 aliphatic heterocycles. The van der Waals surface area contributed by atoms with Gasteiger partial charge in [-0.2, -0.15) is 0 Å². The normalized spacial score (nSPS) is 20.7. The molecular formula is C11H16ClN3O. The zero-order valence-electron chi connectivity index (χ0n) is 9.16. The van der Waals surface area contributed by atoms with Crippen molar-refractivity contribution < 1.29 is 4.74 Å². The molecule has 1 fully saturated rings. The number of hydrogen-bond donors (Lipinski definition) is 1. The van der Waals surface area contributed by atoms with Crippen LogP contribution in [0.15, 0.2) is 12.1 Å². The molecule has 1 aromatic rings. The molecular weight excluding hydrogens is 226 g/mol. The van der Waals surface area contributed by atoms with E-state index < -0.39 is 0 Å². The zero-order chi connectivity index (χ0) is 11.2. The lowest BCUT2D eigenvalue weighted by Crippen LogP contribution is -2.35. The Morgan fingerprint density at radius 3 is 3.00 bits per heavy atom. The third-order valence-corrected chi connectivity index (χ3v) is 2.94. The van der Waals surface area contributed by atoms with E-state index in [1.165, 1.54) is 19.3 Å². The lowest BCUT2D eigenvalue weighted by Gasteiger charge is -2.23. The minimum absolute atomic E-state index is 0.390. The molecule has 1 saturated heterocycles. The molecule has 88 valence electrons. The fourth-order valence-electron chi connectivity index (χ4n) is 1.86. The Labute approximate surface area is 100 Å². The summed E-state index contributed by atoms with van der Waals surface area (Å²) in [6, 6.07) is 4.01. The third-order valence-electron chi connectivity index (χ3n) is 2.74. The summed E-state index contributed by atoms with van der Waals surface area (Å²) in [5.41, 5.74) is 0. The number of nitrogens with zero attached hydrogens (tertiary/aromatic N) is 2. The monoisotopic (exact) mass is 241 g/mol. The summed E-state index contributed by atoms with van der Waals surface area (Å²) in [4.78, 5) is 0. The molecule has 0 spiro atoms. The number of halogens is 1. The van der Waals surface area contributed by atoms with Gasteiger partial charge in [0.05, 0.1) is 6.61 Å². The highest BCUT2D eigenvalue weighted by molar-refractivity contribution is 6.29. The number of hydrogen-bond acceptors (Lipinski definition) is 4. The second kappa shape index (κ2) is 6.01. The number of rotatable bonds is 4. The Morgan fingerprint density at radius 1 is 1.38 bits per heavy atom. The largest absolute Gasteiger partial charge is 0.477 e. The molecule has 0 bridgehead atoms. The van der Waals surface area contributed by atoms with E-state index in [2.05, 4.69) is 15.5 Å². The Bertz CT molecular complexity index is 312. The molecule has 0 unspecified atom stereocenters. The first-order valence-corrected chi connectivity index (χ1v) is 6.08. The van der Waals surface area contributed by atoms with Gasteiger partial charge in [0.15, 0.2) is 5.15 Å². The number of piperidine rings is 1. The second-order valence-electron chi connectivity index (χ2n) is 3.98. The Hall–Kier alpha value is -0.870. The molecule has 0 aromatic carbocycles. The van der Waals surface area contributed by atoms with Crippen molar-refractivity contribution in [1.82, 2.24) is 15.5 Å². The molecule has 2 heterocycles. The van der Waals surface area contributed by atoms with E-state index in [-0.39, 0.29) is 0 Å². The van der Waals surface area contributed by atoms with Crippen LogP contribution in [0.5, 0.6) is 5.88 Å². The van der Waals surface area contributed by atoms with Gasteiger partial charge in [0, 0.05) is 12.1 Å². The van der Waals surface area contributed by atoms with Crippen LogP contribution in [0.1, 0.15) is 25.7 Å². The second-order valence-corrected chi connectivity index (χ2v) is 4.37. The van der Waals surface area contributed by atoms with E-state index >= 15 is 0 Å². The van der Waals surface area contributed by atoms with Crippen molar-refractivity contribution in [3.05, 3.63) is 17.3 Å². The minimum atomic E-state index is 0.390. The van der Waals surface area contributed by atoms with Gasteiger partial charge in [0.1, 0.15) is 0 Å². The summed E-state index contributed by atoms with van der Waals surface area (Å²) in [6.45, 7) is 1.80. The van der Waals surface area contributed by atoms with Crippen LogP contribution in [0.25, 0.3) is 0 Å². The van der Waals surface area contributed by atoms with E-state index in [1.807, 2.05) is 0 Å². The highest BCUT2D eigenvalue weighted by atomic mass is 35.5. The Balaban J connectivity index is 1.69. The molecule has 0 aliphatic carbocycles. The van der Waals surface area contributed by atoms with Gasteiger partial charge in [-0.05, 0) is 31.9 Å². The van der Waals surface area contributed by atoms with Crippen molar-refractivity contribution in [3.63, 3.8) is 0 Å². The van der Waals surface area contributed by atoms with Gasteiger partial charge in [-0.1, -0.05) is 18.0 Å². The fraction of sp³-hybridized carbons (Fsp3) is 0.636. The van der Waals surface area contributed by atoms with Gasteiger partial charge in [-0.25, -0.2) is 0 Å². The molecule has 1 atom stereocenters. The summed E-state index contributed by atoms with van der Waals surface area (Å²) in [5.74, 6) is 0.542. The van der Waals surface area contributed by atoms with Crippen molar-refractivity contribution >= 4 is 11.6 Å². The Morgan fingerprint density at radius 2 is 2.31 bits per heavy atom. The van der Waals surface area contributed by atoms with Crippen LogP contribution in [0.3, 0.4) is 0 Å². The van der Waals surface area contributed by atoms with E-state index in [4.69, 9.17) is 16.3 Å². The average molecular weight is 242 g/mol. The van der Waals surface area contributed by atoms with Crippen molar-refractivity contribution in [1.29, 1.82) is 0 Å². The summed E-state index contributed by atoms with van der Waals surface area (Å²) in [6.07, 6.45) is 4.87. The molecule has 1 N–H and O–H groups in total. The van der Waals surface area contributed by atoms with Crippen LogP contribution >= 0.6 is 11.6 Å². The lowest BCUT2D eigenvalue weighted by atomic mass is 10.0. The Kier molecular flexibility index (Phi) is 4.36. The lowest BCUT2D eigenvalue weighted by molar-refractivity contribution is 0.258. The fourth-order valence-corrected chi connectivity index (χ4v) is 1.96. The van der Waals surface area contributed by atoms with Crippen molar-refractivity contribution in [3.8, 4) is 5.88 Å². The van der Waals surface area contributed by atoms with Crippen LogP contribution < -0.4 is 10.1 Å². The molecule has 0 radical (unpaired) electrons. The molecule has 16 heavy (non-hydrogen) atoms. The van der Waals surface area contributed by atoms with E-state index in [0.29, 0.717) is 23.7 Å². The molecule has 5 heteroatoms. The van der Waals surface area contributed by atoms with Gasteiger partial charge in [-0.15, -0.1) is 10.2 Å². The highest BCUT2D eigenvalue weighted by Crippen LogP contribution is 2.12. The molecule has 0 saturated carbocycles. The van der Waals surface area contributed by atoms with Crippen LogP contribution in [0.2, 0.25) is 5.15 Å². The van der Waals surface area contributed by atoms with Gasteiger partial charge in [0.2, 0.25) is 5.88 Å². The molecule has 1 aliphatic rings. The van der Waals surface area contributed by atoms with Crippen LogP contribution in [-0.2, 0) is 0 Å². The first kappa shape index (κ1) is 11.6. The SMILES string of the molecule is Clc1ccc(OCC[C@@H]2CCCCN2)nn1. The summed E-state index contributed by atoms with van der Waals surface area (Å²) in [7, 11) is 0. The first-order chi connectivity index (χ1) is 7.84. The zero-order valence-corrected chi connectivity index (χ0v) is 9.91. The first-order valence-electron chi connectivity index (χ1n) is 5.70. The van der Waals surface area contributed by atoms with Gasteiger partial charge in [0.25, 0.3) is 0 Å². The molecule has 4 nitrogen and oxygen atoms in total. The third kappa shape index (κ3) is 3.61. The predicted octanol–water partition coefficient (Wildman–Crippen LogP) is 2.04. The van der Waals surface area contributed by atoms with Crippen molar-refractivity contribution in [2.75, 3.05) is 13.2 Å². The maximum Gasteiger partial charge on any atom is 0.233 e. The van der Waals surface area contributed by atoms with Crippen molar-refractivity contribution in [2.24, 2.45) is 0 Å². The van der Waals surface area contributed by atoms with E-state index in [0.717, 1.165) is 13.0 Å². The summed E-state index contributed by atoms with van der Waals surface area (Å²) in [5, 5.41) is 11.4. The number of ether oxygens (including phenoxy) is 1. The molecule has 1 aromatic heterocycles. The van der Waals surface area contributed by atoms with Crippen LogP contribution in [0, 0.1) is 0 Å². The predicted molar refractivity (Wildman–Crippen MR) is 62.8 cm³/mol. The van der Waals surface area contributed by atoms with Gasteiger partial charge < -0.3 is 10.1 Å². The van der Waals surface area contributed by atoms with Gasteiger partial charge >= 0.3 is 0 Å². The van der Waals surface area contributed by atoms with Crippen LogP contribution in [-0.4, -0.2) is 29.4 Å². The van der Waals surface area contributed by atoms with Crippen LogP contribution in [0.4, 0.5) is 0 Å². The highest BCUT2D eigenvalue weighted by Gasteiger charge is 2.12. The smallest absolute Gasteiger partial charge is 0.233 e.